The van der Waals surface area contributed by atoms with E-state index in [0.29, 0.717) is 16.3 Å². The average Bonchev–Trinajstić information content (AvgIpc) is 2.91. The number of halogens is 1. The molecule has 1 aliphatic rings. The molecule has 0 saturated heterocycles. The van der Waals surface area contributed by atoms with Gasteiger partial charge >= 0.3 is 0 Å². The van der Waals surface area contributed by atoms with Crippen molar-refractivity contribution in [1.29, 1.82) is 0 Å². The molecule has 1 aromatic carbocycles. The Kier molecular flexibility index (Phi) is 2.26. The molecule has 1 aromatic heterocycles. The van der Waals surface area contributed by atoms with Crippen molar-refractivity contribution in [2.24, 2.45) is 0 Å². The van der Waals surface area contributed by atoms with E-state index in [1.54, 1.807) is 6.07 Å². The molecule has 88 valence electrons. The molecular weight excluding hydrogens is 240 g/mol. The Balaban J connectivity index is 2.21. The highest BCUT2D eigenvalue weighted by atomic mass is 35.5. The summed E-state index contributed by atoms with van der Waals surface area (Å²) in [5, 5.41) is 14.1. The summed E-state index contributed by atoms with van der Waals surface area (Å²) in [6, 6.07) is 3.48. The van der Waals surface area contributed by atoms with Crippen molar-refractivity contribution >= 4 is 17.4 Å². The summed E-state index contributed by atoms with van der Waals surface area (Å²) in [7, 11) is 0. The molecule has 1 aliphatic carbocycles. The third-order valence-corrected chi connectivity index (χ3v) is 3.51. The molecule has 0 unspecified atom stereocenters. The number of aryl methyl sites for hydroxylation is 1. The molecule has 2 aromatic rings. The normalized spacial score (nSPS) is 13.9. The monoisotopic (exact) mass is 250 g/mol. The Bertz CT molecular complexity index is 592. The van der Waals surface area contributed by atoms with Crippen LogP contribution in [0, 0.1) is 0 Å². The lowest BCUT2D eigenvalue weighted by molar-refractivity contribution is 0.429. The van der Waals surface area contributed by atoms with E-state index in [0.717, 1.165) is 30.4 Å². The van der Waals surface area contributed by atoms with E-state index < -0.39 is 0 Å². The van der Waals surface area contributed by atoms with Crippen molar-refractivity contribution < 1.29 is 9.63 Å². The van der Waals surface area contributed by atoms with Gasteiger partial charge in [-0.25, -0.2) is 0 Å². The lowest BCUT2D eigenvalue weighted by atomic mass is 10.0. The lowest BCUT2D eigenvalue weighted by Crippen LogP contribution is -1.88. The molecular formula is C12H11ClN2O2. The summed E-state index contributed by atoms with van der Waals surface area (Å²) >= 11 is 6.16. The zero-order chi connectivity index (χ0) is 12.0. The van der Waals surface area contributed by atoms with Crippen LogP contribution in [0.4, 0.5) is 5.82 Å². The third kappa shape index (κ3) is 1.56. The molecule has 0 aliphatic heterocycles. The van der Waals surface area contributed by atoms with Crippen molar-refractivity contribution in [2.45, 2.75) is 19.3 Å². The Morgan fingerprint density at radius 2 is 2.18 bits per heavy atom. The molecule has 1 heterocycles. The highest BCUT2D eigenvalue weighted by Crippen LogP contribution is 2.42. The number of phenolic OH excluding ortho intramolecular Hbond substituents is 1. The first-order valence-electron chi connectivity index (χ1n) is 5.42. The fraction of sp³-hybridized carbons (Fsp3) is 0.250. The van der Waals surface area contributed by atoms with E-state index in [1.807, 2.05) is 6.07 Å². The second-order valence-corrected chi connectivity index (χ2v) is 4.57. The van der Waals surface area contributed by atoms with Gasteiger partial charge in [0.05, 0.1) is 10.6 Å². The zero-order valence-electron chi connectivity index (χ0n) is 9.03. The van der Waals surface area contributed by atoms with E-state index in [1.165, 1.54) is 0 Å². The van der Waals surface area contributed by atoms with E-state index in [4.69, 9.17) is 21.9 Å². The van der Waals surface area contributed by atoms with Gasteiger partial charge in [0.2, 0.25) is 0 Å². The van der Waals surface area contributed by atoms with E-state index in [9.17, 15) is 5.11 Å². The molecule has 3 N–H and O–H groups in total. The number of nitrogens with zero attached hydrogens (tertiary/aromatic N) is 1. The number of rotatable bonds is 1. The van der Waals surface area contributed by atoms with Crippen LogP contribution < -0.4 is 5.73 Å². The van der Waals surface area contributed by atoms with Gasteiger partial charge in [0, 0.05) is 6.07 Å². The number of hydrogen-bond donors (Lipinski definition) is 2. The van der Waals surface area contributed by atoms with Gasteiger partial charge in [0.15, 0.2) is 11.6 Å². The maximum absolute atomic E-state index is 10.1. The van der Waals surface area contributed by atoms with Crippen molar-refractivity contribution in [3.63, 3.8) is 0 Å². The molecule has 5 heteroatoms. The molecule has 0 amide bonds. The molecule has 0 saturated carbocycles. The van der Waals surface area contributed by atoms with E-state index in [2.05, 4.69) is 5.16 Å². The molecule has 17 heavy (non-hydrogen) atoms. The Morgan fingerprint density at radius 3 is 2.88 bits per heavy atom. The SMILES string of the molecule is Nc1cc(-c2cc3c(c(Cl)c2O)CCC3)on1. The molecule has 0 fully saturated rings. The Hall–Kier alpha value is -1.68. The fourth-order valence-corrected chi connectivity index (χ4v) is 2.60. The van der Waals surface area contributed by atoms with Crippen LogP contribution in [0.15, 0.2) is 16.7 Å². The minimum absolute atomic E-state index is 0.0449. The fourth-order valence-electron chi connectivity index (χ4n) is 2.28. The number of hydrogen-bond acceptors (Lipinski definition) is 4. The summed E-state index contributed by atoms with van der Waals surface area (Å²) in [5.74, 6) is 0.774. The van der Waals surface area contributed by atoms with Crippen LogP contribution in [0.2, 0.25) is 5.02 Å². The molecule has 4 nitrogen and oxygen atoms in total. The molecule has 0 bridgehead atoms. The smallest absolute Gasteiger partial charge is 0.172 e. The minimum Gasteiger partial charge on any atom is -0.506 e. The van der Waals surface area contributed by atoms with Crippen molar-refractivity contribution in [2.75, 3.05) is 5.73 Å². The van der Waals surface area contributed by atoms with Gasteiger partial charge in [-0.1, -0.05) is 16.8 Å². The first kappa shape index (κ1) is 10.5. The average molecular weight is 251 g/mol. The van der Waals surface area contributed by atoms with Crippen LogP contribution in [0.5, 0.6) is 5.75 Å². The number of nitrogens with two attached hydrogens (primary N) is 1. The predicted octanol–water partition coefficient (Wildman–Crippen LogP) is 2.77. The number of aromatic nitrogens is 1. The second-order valence-electron chi connectivity index (χ2n) is 4.19. The highest BCUT2D eigenvalue weighted by molar-refractivity contribution is 6.33. The standard InChI is InChI=1S/C12H11ClN2O2/c13-11-7-3-1-2-6(7)4-8(12(11)16)9-5-10(14)15-17-9/h4-5,16H,1-3H2,(H2,14,15). The molecule has 0 radical (unpaired) electrons. The first-order chi connectivity index (χ1) is 8.16. The third-order valence-electron chi connectivity index (χ3n) is 3.10. The van der Waals surface area contributed by atoms with Gasteiger partial charge in [-0.3, -0.25) is 0 Å². The highest BCUT2D eigenvalue weighted by Gasteiger charge is 2.22. The summed E-state index contributed by atoms with van der Waals surface area (Å²) in [5.41, 5.74) is 8.26. The number of aromatic hydroxyl groups is 1. The van der Waals surface area contributed by atoms with Crippen LogP contribution in [0.25, 0.3) is 11.3 Å². The summed E-state index contributed by atoms with van der Waals surface area (Å²) < 4.78 is 5.05. The van der Waals surface area contributed by atoms with Gasteiger partial charge < -0.3 is 15.4 Å². The minimum atomic E-state index is 0.0449. The number of nitrogen functional groups attached to an aromatic ring is 1. The zero-order valence-corrected chi connectivity index (χ0v) is 9.79. The Labute approximate surface area is 103 Å². The summed E-state index contributed by atoms with van der Waals surface area (Å²) in [4.78, 5) is 0. The van der Waals surface area contributed by atoms with Crippen LogP contribution >= 0.6 is 11.6 Å². The molecule has 0 spiro atoms. The number of anilines is 1. The lowest BCUT2D eigenvalue weighted by Gasteiger charge is -2.08. The second kappa shape index (κ2) is 3.67. The van der Waals surface area contributed by atoms with Gasteiger partial charge in [0.25, 0.3) is 0 Å². The predicted molar refractivity (Wildman–Crippen MR) is 65.1 cm³/mol. The summed E-state index contributed by atoms with van der Waals surface area (Å²) in [6.07, 6.45) is 2.96. The largest absolute Gasteiger partial charge is 0.506 e. The molecule has 0 atom stereocenters. The van der Waals surface area contributed by atoms with Crippen LogP contribution in [-0.2, 0) is 12.8 Å². The number of benzene rings is 1. The van der Waals surface area contributed by atoms with Gasteiger partial charge in [-0.05, 0) is 36.5 Å². The van der Waals surface area contributed by atoms with Crippen molar-refractivity contribution in [1.82, 2.24) is 5.16 Å². The number of phenols is 1. The topological polar surface area (TPSA) is 72.3 Å². The maximum Gasteiger partial charge on any atom is 0.172 e. The summed E-state index contributed by atoms with van der Waals surface area (Å²) in [6.45, 7) is 0. The van der Waals surface area contributed by atoms with Crippen molar-refractivity contribution in [3.05, 3.63) is 28.3 Å². The van der Waals surface area contributed by atoms with Gasteiger partial charge in [-0.15, -0.1) is 0 Å². The van der Waals surface area contributed by atoms with Gasteiger partial charge in [-0.2, -0.15) is 0 Å². The Morgan fingerprint density at radius 1 is 1.35 bits per heavy atom. The molecule has 3 rings (SSSR count). The first-order valence-corrected chi connectivity index (χ1v) is 5.80. The number of fused-ring (bicyclic) bond motifs is 1. The van der Waals surface area contributed by atoms with Crippen LogP contribution in [-0.4, -0.2) is 10.3 Å². The van der Waals surface area contributed by atoms with Crippen LogP contribution in [0.1, 0.15) is 17.5 Å². The van der Waals surface area contributed by atoms with Gasteiger partial charge in [0.1, 0.15) is 5.75 Å². The van der Waals surface area contributed by atoms with E-state index >= 15 is 0 Å². The van der Waals surface area contributed by atoms with E-state index in [-0.39, 0.29) is 11.6 Å². The van der Waals surface area contributed by atoms with Crippen molar-refractivity contribution in [3.8, 4) is 17.1 Å². The quantitative estimate of drug-likeness (QED) is 0.816. The van der Waals surface area contributed by atoms with Crippen LogP contribution in [0.3, 0.4) is 0 Å². The maximum atomic E-state index is 10.1.